The topological polar surface area (TPSA) is 329 Å². The molecule has 23 heteroatoms. The van der Waals surface area contributed by atoms with Crippen LogP contribution in [0.5, 0.6) is 0 Å². The lowest BCUT2D eigenvalue weighted by atomic mass is 9.95. The largest absolute Gasteiger partial charge is 0.445 e. The lowest BCUT2D eigenvalue weighted by molar-refractivity contribution is -0.185. The van der Waals surface area contributed by atoms with Crippen LogP contribution >= 0.6 is 0 Å². The normalized spacial score (nSPS) is 20.6. The number of aliphatic hydroxyl groups is 3. The monoisotopic (exact) mass is 879 g/mol. The number of imidazole rings is 1. The van der Waals surface area contributed by atoms with Gasteiger partial charge in [0, 0.05) is 43.8 Å². The van der Waals surface area contributed by atoms with Crippen molar-refractivity contribution >= 4 is 64.2 Å². The van der Waals surface area contributed by atoms with E-state index in [-0.39, 0.29) is 44.3 Å². The van der Waals surface area contributed by atoms with E-state index in [9.17, 15) is 48.9 Å². The second-order valence-electron chi connectivity index (χ2n) is 15.3. The van der Waals surface area contributed by atoms with Crippen molar-refractivity contribution in [1.29, 1.82) is 0 Å². The van der Waals surface area contributed by atoms with Crippen LogP contribution in [-0.2, 0) is 44.8 Å². The zero-order valence-corrected chi connectivity index (χ0v) is 34.9. The molecule has 10 N–H and O–H groups in total. The maximum absolute atomic E-state index is 13.0. The highest BCUT2D eigenvalue weighted by molar-refractivity contribution is 6.13. The van der Waals surface area contributed by atoms with E-state index in [2.05, 4.69) is 51.8 Å². The molecule has 0 bridgehead atoms. The molecule has 7 atom stereocenters. The number of aromatic amines is 1. The Hall–Kier alpha value is -6.56. The zero-order chi connectivity index (χ0) is 45.6. The Morgan fingerprint density at radius 2 is 1.62 bits per heavy atom. The highest BCUT2D eigenvalue weighted by Gasteiger charge is 2.45. The number of carbonyl (C=O) groups is 7. The average Bonchev–Trinajstić information content (AvgIpc) is 3.88. The number of rotatable bonds is 21. The predicted octanol–water partition coefficient (Wildman–Crippen LogP) is -0.925. The second-order valence-corrected chi connectivity index (χ2v) is 15.3. The lowest BCUT2D eigenvalue weighted by Gasteiger charge is -2.42. The van der Waals surface area contributed by atoms with Crippen LogP contribution in [0.3, 0.4) is 0 Å². The Morgan fingerprint density at radius 1 is 0.889 bits per heavy atom. The molecule has 2 aliphatic heterocycles. The van der Waals surface area contributed by atoms with Crippen molar-refractivity contribution in [2.75, 3.05) is 30.3 Å². The molecule has 0 radical (unpaired) electrons. The Balaban J connectivity index is 0.935. The number of aromatic nitrogens is 4. The van der Waals surface area contributed by atoms with Crippen LogP contribution in [0.4, 0.5) is 16.3 Å². The van der Waals surface area contributed by atoms with Gasteiger partial charge in [-0.05, 0) is 43.4 Å². The molecule has 0 spiro atoms. The lowest BCUT2D eigenvalue weighted by Crippen LogP contribution is -2.65. The van der Waals surface area contributed by atoms with E-state index in [0.29, 0.717) is 41.7 Å². The van der Waals surface area contributed by atoms with E-state index < -0.39 is 90.8 Å². The summed E-state index contributed by atoms with van der Waals surface area (Å²) in [6, 6.07) is 3.46. The molecule has 63 heavy (non-hydrogen) atoms. The van der Waals surface area contributed by atoms with Gasteiger partial charge >= 0.3 is 6.09 Å². The molecule has 1 aromatic carbocycles. The number of unbranched alkanes of at least 4 members (excludes halogenated alkanes) is 2. The van der Waals surface area contributed by atoms with Crippen molar-refractivity contribution in [2.45, 2.75) is 102 Å². The van der Waals surface area contributed by atoms with Gasteiger partial charge in [-0.1, -0.05) is 32.4 Å². The number of ether oxygens (including phenoxy) is 2. The summed E-state index contributed by atoms with van der Waals surface area (Å²) in [5.74, 6) is -3.17. The fourth-order valence-corrected chi connectivity index (χ4v) is 6.61. The number of imide groups is 1. The number of nitrogens with zero attached hydrogens (tertiary/aromatic N) is 4. The molecule has 0 unspecified atom stereocenters. The first-order chi connectivity index (χ1) is 30.1. The number of hydrogen-bond acceptors (Lipinski definition) is 16. The number of nitrogens with one attached hydrogen (secondary N) is 7. The third-order valence-electron chi connectivity index (χ3n) is 10.2. The van der Waals surface area contributed by atoms with Gasteiger partial charge in [-0.2, -0.15) is 0 Å². The predicted molar refractivity (Wildman–Crippen MR) is 222 cm³/mol. The molecule has 1 saturated heterocycles. The van der Waals surface area contributed by atoms with E-state index in [1.165, 1.54) is 19.6 Å². The molecule has 3 aromatic rings. The average molecular weight is 880 g/mol. The maximum Gasteiger partial charge on any atom is 0.407 e. The van der Waals surface area contributed by atoms with Crippen molar-refractivity contribution < 1.29 is 58.4 Å². The van der Waals surface area contributed by atoms with E-state index in [0.717, 1.165) is 17.1 Å². The molecular weight excluding hydrogens is 827 g/mol. The Morgan fingerprint density at radius 3 is 2.32 bits per heavy atom. The number of alkyl carbamates (subject to hydrolysis) is 1. The minimum Gasteiger partial charge on any atom is -0.445 e. The van der Waals surface area contributed by atoms with Crippen LogP contribution in [0.1, 0.15) is 58.4 Å². The number of benzene rings is 1. The number of aliphatic hydroxyl groups excluding tert-OH is 3. The number of hydrogen-bond donors (Lipinski definition) is 10. The van der Waals surface area contributed by atoms with Gasteiger partial charge in [-0.25, -0.2) is 19.7 Å². The highest BCUT2D eigenvalue weighted by atomic mass is 16.6. The number of carbonyl (C=O) groups excluding carboxylic acids is 7. The fraction of sp³-hybridized carbons (Fsp3) is 0.500. The van der Waals surface area contributed by atoms with E-state index in [1.54, 1.807) is 38.1 Å². The Labute approximate surface area is 361 Å². The quantitative estimate of drug-likeness (QED) is 0.0457. The highest BCUT2D eigenvalue weighted by Crippen LogP contribution is 2.25. The fourth-order valence-electron chi connectivity index (χ4n) is 6.61. The minimum absolute atomic E-state index is 0.0532. The van der Waals surface area contributed by atoms with Crippen molar-refractivity contribution in [3.63, 3.8) is 0 Å². The van der Waals surface area contributed by atoms with Gasteiger partial charge in [-0.15, -0.1) is 0 Å². The van der Waals surface area contributed by atoms with Crippen molar-refractivity contribution in [3.05, 3.63) is 54.6 Å². The first kappa shape index (κ1) is 47.5. The summed E-state index contributed by atoms with van der Waals surface area (Å²) in [5, 5.41) is 47.6. The Kier molecular flexibility index (Phi) is 17.0. The minimum atomic E-state index is -1.49. The van der Waals surface area contributed by atoms with Crippen LogP contribution in [0.25, 0.3) is 11.2 Å². The van der Waals surface area contributed by atoms with E-state index in [1.807, 2.05) is 0 Å². The van der Waals surface area contributed by atoms with Gasteiger partial charge in [0.2, 0.25) is 23.6 Å². The van der Waals surface area contributed by atoms with Crippen LogP contribution in [0, 0.1) is 5.92 Å². The van der Waals surface area contributed by atoms with E-state index >= 15 is 0 Å². The van der Waals surface area contributed by atoms with E-state index in [4.69, 9.17) is 9.47 Å². The molecular formula is C40H53N11O12. The zero-order valence-electron chi connectivity index (χ0n) is 34.9. The summed E-state index contributed by atoms with van der Waals surface area (Å²) in [4.78, 5) is 103. The molecule has 2 aliphatic rings. The summed E-state index contributed by atoms with van der Waals surface area (Å²) in [6.07, 6.45) is 0.560. The van der Waals surface area contributed by atoms with Gasteiger partial charge in [-0.3, -0.25) is 33.7 Å². The summed E-state index contributed by atoms with van der Waals surface area (Å²) < 4.78 is 11.1. The molecule has 340 valence electrons. The molecule has 1 fully saturated rings. The first-order valence-corrected chi connectivity index (χ1v) is 20.4. The molecule has 0 saturated carbocycles. The number of fused-ring (bicyclic) bond motifs is 1. The van der Waals surface area contributed by atoms with Crippen molar-refractivity contribution in [3.8, 4) is 0 Å². The van der Waals surface area contributed by atoms with Crippen molar-refractivity contribution in [1.82, 2.24) is 46.1 Å². The summed E-state index contributed by atoms with van der Waals surface area (Å²) in [7, 11) is 0. The van der Waals surface area contributed by atoms with Gasteiger partial charge in [0.1, 0.15) is 48.8 Å². The Bertz CT molecular complexity index is 2110. The standard InChI is InChI=1S/C40H53N11O12/c1-21(2)30(48-27(54)14-16-51-28(55)12-13-29(51)56)38(60)46-22(3)37(59)47-24-10-8-23(9-11-24)18-62-40(61)41-15-6-4-5-7-26(53)49-31-25(17-52)63-39(34(58)33(31)57)50-36-32-35(43-19-42-32)44-20-45-36/h8-13,19-22,25,30-31,33-34,39,52,57-58H,4-7,14-18H2,1-3H3,(H,41,61)(H,46,60)(H,47,59)(H,48,54)(H,49,53)(H2,42,43,44,45,50)/t22-,25-,30-,31-,33+,34-,39-/m0/s1. The number of amides is 7. The van der Waals surface area contributed by atoms with Crippen LogP contribution < -0.4 is 31.9 Å². The first-order valence-electron chi connectivity index (χ1n) is 20.4. The smallest absolute Gasteiger partial charge is 0.407 e. The number of anilines is 2. The summed E-state index contributed by atoms with van der Waals surface area (Å²) in [5.41, 5.74) is 1.88. The van der Waals surface area contributed by atoms with Crippen LogP contribution in [0.15, 0.2) is 49.1 Å². The molecule has 0 aliphatic carbocycles. The second kappa shape index (κ2) is 22.5. The van der Waals surface area contributed by atoms with Crippen LogP contribution in [0.2, 0.25) is 0 Å². The van der Waals surface area contributed by atoms with Crippen molar-refractivity contribution in [2.24, 2.45) is 5.92 Å². The van der Waals surface area contributed by atoms with Gasteiger partial charge < -0.3 is 61.7 Å². The third-order valence-corrected chi connectivity index (χ3v) is 10.2. The van der Waals surface area contributed by atoms with Gasteiger partial charge in [0.05, 0.1) is 19.0 Å². The molecule has 4 heterocycles. The summed E-state index contributed by atoms with van der Waals surface area (Å²) >= 11 is 0. The molecule has 23 nitrogen and oxygen atoms in total. The molecule has 2 aromatic heterocycles. The summed E-state index contributed by atoms with van der Waals surface area (Å²) in [6.45, 7) is 4.47. The molecule has 7 amide bonds. The SMILES string of the molecule is CC(C)[C@H](NC(=O)CCN1C(=O)C=CC1=O)C(=O)N[C@@H](C)C(=O)Nc1ccc(COC(=O)NCCCCCC(=O)N[C@@H]2[C@@H](O)[C@H](O)[C@@H](Nc3ncnc4nc[nH]c34)O[C@H]2CO)cc1. The molecule has 5 rings (SSSR count). The van der Waals surface area contributed by atoms with Crippen LogP contribution in [-0.4, -0.2) is 144 Å². The van der Waals surface area contributed by atoms with Gasteiger partial charge in [0.15, 0.2) is 17.7 Å². The van der Waals surface area contributed by atoms with Gasteiger partial charge in [0.25, 0.3) is 11.8 Å². The maximum atomic E-state index is 13.0. The third kappa shape index (κ3) is 13.2. The number of H-pyrrole nitrogens is 1.